The van der Waals surface area contributed by atoms with E-state index in [9.17, 15) is 9.90 Å². The molecule has 1 aromatic heterocycles. The summed E-state index contributed by atoms with van der Waals surface area (Å²) in [6.45, 7) is 4.10. The molecule has 1 atom stereocenters. The molecule has 3 N–H and O–H groups in total. The number of hydrogen-bond acceptors (Lipinski definition) is 2. The Kier molecular flexibility index (Phi) is 3.67. The number of H-pyrrole nitrogens is 1. The van der Waals surface area contributed by atoms with Crippen LogP contribution >= 0.6 is 0 Å². The van der Waals surface area contributed by atoms with Gasteiger partial charge in [-0.3, -0.25) is 4.79 Å². The van der Waals surface area contributed by atoms with Crippen LogP contribution in [-0.4, -0.2) is 28.6 Å². The molecule has 96 valence electrons. The second-order valence-electron chi connectivity index (χ2n) is 4.79. The van der Waals surface area contributed by atoms with E-state index in [1.165, 1.54) is 0 Å². The first-order valence-corrected chi connectivity index (χ1v) is 6.12. The van der Waals surface area contributed by atoms with Crippen molar-refractivity contribution < 1.29 is 9.90 Å². The zero-order valence-electron chi connectivity index (χ0n) is 10.6. The van der Waals surface area contributed by atoms with Crippen molar-refractivity contribution in [2.45, 2.75) is 20.0 Å². The minimum atomic E-state index is -0.515. The lowest BCUT2D eigenvalue weighted by molar-refractivity contribution is 0.0868. The predicted octanol–water partition coefficient (Wildman–Crippen LogP) is 1.91. The number of carbonyl (C=O) groups is 1. The van der Waals surface area contributed by atoms with Crippen molar-refractivity contribution in [2.75, 3.05) is 6.54 Å². The maximum atomic E-state index is 11.9. The quantitative estimate of drug-likeness (QED) is 0.771. The average molecular weight is 246 g/mol. The third-order valence-corrected chi connectivity index (χ3v) is 3.02. The Bertz CT molecular complexity index is 512. The average Bonchev–Trinajstić information content (AvgIpc) is 2.79. The molecule has 0 fully saturated rings. The van der Waals surface area contributed by atoms with Crippen molar-refractivity contribution in [1.29, 1.82) is 0 Å². The van der Waals surface area contributed by atoms with Crippen LogP contribution in [0.2, 0.25) is 0 Å². The molecule has 4 nitrogen and oxygen atoms in total. The first kappa shape index (κ1) is 12.6. The molecular formula is C14H18N2O2. The summed E-state index contributed by atoms with van der Waals surface area (Å²) in [7, 11) is 0. The standard InChI is InChI=1S/C14H18N2O2/c1-9(2)13(17)8-15-14(18)12-7-10-5-3-4-6-11(10)16-12/h3-7,9,13,16-17H,8H2,1-2H3,(H,15,18). The van der Waals surface area contributed by atoms with E-state index >= 15 is 0 Å². The number of aromatic amines is 1. The monoisotopic (exact) mass is 246 g/mol. The number of rotatable bonds is 4. The molecule has 0 saturated heterocycles. The Labute approximate surface area is 106 Å². The minimum Gasteiger partial charge on any atom is -0.391 e. The van der Waals surface area contributed by atoms with Gasteiger partial charge in [0.15, 0.2) is 0 Å². The smallest absolute Gasteiger partial charge is 0.267 e. The summed E-state index contributed by atoms with van der Waals surface area (Å²) in [5.74, 6) is -0.0566. The normalized spacial score (nSPS) is 12.9. The summed E-state index contributed by atoms with van der Waals surface area (Å²) in [6, 6.07) is 9.54. The summed E-state index contributed by atoms with van der Waals surface area (Å²) in [5, 5.41) is 13.4. The van der Waals surface area contributed by atoms with E-state index in [4.69, 9.17) is 0 Å². The Morgan fingerprint density at radius 1 is 1.39 bits per heavy atom. The number of para-hydroxylation sites is 1. The fourth-order valence-corrected chi connectivity index (χ4v) is 1.72. The zero-order chi connectivity index (χ0) is 13.1. The largest absolute Gasteiger partial charge is 0.391 e. The van der Waals surface area contributed by atoms with Crippen LogP contribution in [0.1, 0.15) is 24.3 Å². The Balaban J connectivity index is 2.05. The molecule has 1 amide bonds. The second-order valence-corrected chi connectivity index (χ2v) is 4.79. The second kappa shape index (κ2) is 5.23. The lowest BCUT2D eigenvalue weighted by Gasteiger charge is -2.14. The summed E-state index contributed by atoms with van der Waals surface area (Å²) >= 11 is 0. The van der Waals surface area contributed by atoms with Crippen LogP contribution in [-0.2, 0) is 0 Å². The van der Waals surface area contributed by atoms with Gasteiger partial charge in [0.1, 0.15) is 5.69 Å². The molecule has 1 heterocycles. The van der Waals surface area contributed by atoms with Gasteiger partial charge in [0.2, 0.25) is 0 Å². The number of nitrogens with one attached hydrogen (secondary N) is 2. The van der Waals surface area contributed by atoms with Crippen LogP contribution in [0.15, 0.2) is 30.3 Å². The van der Waals surface area contributed by atoms with E-state index in [0.717, 1.165) is 10.9 Å². The SMILES string of the molecule is CC(C)C(O)CNC(=O)c1cc2ccccc2[nH]1. The molecule has 18 heavy (non-hydrogen) atoms. The van der Waals surface area contributed by atoms with Gasteiger partial charge < -0.3 is 15.4 Å². The van der Waals surface area contributed by atoms with Crippen LogP contribution in [0.4, 0.5) is 0 Å². The highest BCUT2D eigenvalue weighted by Crippen LogP contribution is 2.14. The lowest BCUT2D eigenvalue weighted by atomic mass is 10.1. The lowest BCUT2D eigenvalue weighted by Crippen LogP contribution is -2.34. The highest BCUT2D eigenvalue weighted by Gasteiger charge is 2.13. The van der Waals surface area contributed by atoms with Gasteiger partial charge in [-0.15, -0.1) is 0 Å². The van der Waals surface area contributed by atoms with Gasteiger partial charge >= 0.3 is 0 Å². The van der Waals surface area contributed by atoms with E-state index < -0.39 is 6.10 Å². The Morgan fingerprint density at radius 2 is 2.11 bits per heavy atom. The topological polar surface area (TPSA) is 65.1 Å². The Hall–Kier alpha value is -1.81. The number of benzene rings is 1. The van der Waals surface area contributed by atoms with E-state index in [0.29, 0.717) is 5.69 Å². The number of amides is 1. The molecule has 0 saturated carbocycles. The predicted molar refractivity (Wildman–Crippen MR) is 71.5 cm³/mol. The van der Waals surface area contributed by atoms with Gasteiger partial charge in [0.05, 0.1) is 6.10 Å². The number of carbonyl (C=O) groups excluding carboxylic acids is 1. The van der Waals surface area contributed by atoms with Crippen molar-refractivity contribution in [2.24, 2.45) is 5.92 Å². The van der Waals surface area contributed by atoms with Crippen LogP contribution < -0.4 is 5.32 Å². The molecule has 2 rings (SSSR count). The third-order valence-electron chi connectivity index (χ3n) is 3.02. The van der Waals surface area contributed by atoms with E-state index in [1.807, 2.05) is 44.2 Å². The van der Waals surface area contributed by atoms with Crippen molar-refractivity contribution >= 4 is 16.8 Å². The fraction of sp³-hybridized carbons (Fsp3) is 0.357. The molecule has 0 spiro atoms. The van der Waals surface area contributed by atoms with Crippen molar-refractivity contribution in [3.63, 3.8) is 0 Å². The van der Waals surface area contributed by atoms with Crippen LogP contribution in [0, 0.1) is 5.92 Å². The first-order chi connectivity index (χ1) is 8.58. The van der Waals surface area contributed by atoms with Gasteiger partial charge in [-0.2, -0.15) is 0 Å². The van der Waals surface area contributed by atoms with Crippen molar-refractivity contribution in [1.82, 2.24) is 10.3 Å². The zero-order valence-corrected chi connectivity index (χ0v) is 10.6. The van der Waals surface area contributed by atoms with Crippen LogP contribution in [0.25, 0.3) is 10.9 Å². The third kappa shape index (κ3) is 2.71. The number of aliphatic hydroxyl groups excluding tert-OH is 1. The number of aliphatic hydroxyl groups is 1. The summed E-state index contributed by atoms with van der Waals surface area (Å²) in [4.78, 5) is 14.9. The van der Waals surface area contributed by atoms with Gasteiger partial charge in [-0.1, -0.05) is 32.0 Å². The number of aromatic nitrogens is 1. The molecule has 0 bridgehead atoms. The Morgan fingerprint density at radius 3 is 2.78 bits per heavy atom. The highest BCUT2D eigenvalue weighted by atomic mass is 16.3. The van der Waals surface area contributed by atoms with E-state index in [1.54, 1.807) is 0 Å². The molecular weight excluding hydrogens is 228 g/mol. The van der Waals surface area contributed by atoms with Crippen LogP contribution in [0.5, 0.6) is 0 Å². The molecule has 2 aromatic rings. The molecule has 4 heteroatoms. The molecule has 0 aliphatic rings. The van der Waals surface area contributed by atoms with Crippen molar-refractivity contribution in [3.8, 4) is 0 Å². The van der Waals surface area contributed by atoms with Gasteiger partial charge in [-0.25, -0.2) is 0 Å². The molecule has 0 radical (unpaired) electrons. The summed E-state index contributed by atoms with van der Waals surface area (Å²) < 4.78 is 0. The maximum absolute atomic E-state index is 11.9. The van der Waals surface area contributed by atoms with Gasteiger partial charge in [0.25, 0.3) is 5.91 Å². The van der Waals surface area contributed by atoms with E-state index in [-0.39, 0.29) is 18.4 Å². The molecule has 0 aliphatic carbocycles. The van der Waals surface area contributed by atoms with Crippen LogP contribution in [0.3, 0.4) is 0 Å². The highest BCUT2D eigenvalue weighted by molar-refractivity contribution is 5.97. The van der Waals surface area contributed by atoms with Gasteiger partial charge in [-0.05, 0) is 18.1 Å². The first-order valence-electron chi connectivity index (χ1n) is 6.12. The number of hydrogen-bond donors (Lipinski definition) is 3. The summed E-state index contributed by atoms with van der Waals surface area (Å²) in [6.07, 6.45) is -0.515. The molecule has 0 aliphatic heterocycles. The van der Waals surface area contributed by atoms with Crippen molar-refractivity contribution in [3.05, 3.63) is 36.0 Å². The number of fused-ring (bicyclic) bond motifs is 1. The summed E-state index contributed by atoms with van der Waals surface area (Å²) in [5.41, 5.74) is 1.46. The maximum Gasteiger partial charge on any atom is 0.267 e. The molecule has 1 aromatic carbocycles. The molecule has 1 unspecified atom stereocenters. The fourth-order valence-electron chi connectivity index (χ4n) is 1.72. The minimum absolute atomic E-state index is 0.132. The van der Waals surface area contributed by atoms with Gasteiger partial charge in [0, 0.05) is 17.4 Å². The van der Waals surface area contributed by atoms with E-state index in [2.05, 4.69) is 10.3 Å².